The van der Waals surface area contributed by atoms with Gasteiger partial charge >= 0.3 is 0 Å². The summed E-state index contributed by atoms with van der Waals surface area (Å²) in [6.07, 6.45) is 7.80. The summed E-state index contributed by atoms with van der Waals surface area (Å²) < 4.78 is 18.3. The van der Waals surface area contributed by atoms with Crippen LogP contribution >= 0.6 is 34.4 Å². The predicted octanol–water partition coefficient (Wildman–Crippen LogP) is 7.01. The third-order valence-electron chi connectivity index (χ3n) is 5.18. The average Bonchev–Trinajstić information content (AvgIpc) is 2.79. The lowest BCUT2D eigenvalue weighted by atomic mass is 10.2. The molecule has 3 rings (SSSR count). The van der Waals surface area contributed by atoms with Gasteiger partial charge in [0.1, 0.15) is 5.75 Å². The number of aryl methyl sites for hydroxylation is 1. The van der Waals surface area contributed by atoms with Crippen LogP contribution in [-0.4, -0.2) is 31.2 Å². The minimum Gasteiger partial charge on any atom is -0.494 e. The predicted molar refractivity (Wildman–Crippen MR) is 134 cm³/mol. The first-order valence-electron chi connectivity index (χ1n) is 11.1. The van der Waals surface area contributed by atoms with Gasteiger partial charge < -0.3 is 14.2 Å². The lowest BCUT2D eigenvalue weighted by Gasteiger charge is -2.22. The van der Waals surface area contributed by atoms with E-state index in [1.165, 1.54) is 21.8 Å². The topological polar surface area (TPSA) is 44.8 Å². The van der Waals surface area contributed by atoms with Crippen molar-refractivity contribution >= 4 is 39.5 Å². The van der Waals surface area contributed by atoms with Gasteiger partial charge in [-0.25, -0.2) is 0 Å². The number of ether oxygens (including phenoxy) is 3. The van der Waals surface area contributed by atoms with Crippen LogP contribution in [0.1, 0.15) is 60.9 Å². The molecule has 168 valence electrons. The Morgan fingerprint density at radius 2 is 1.84 bits per heavy atom. The Bertz CT molecular complexity index is 819. The van der Waals surface area contributed by atoms with Crippen LogP contribution in [0.5, 0.6) is 5.75 Å². The van der Waals surface area contributed by atoms with E-state index in [9.17, 15) is 4.79 Å². The summed E-state index contributed by atoms with van der Waals surface area (Å²) in [5.74, 6) is 0.847. The van der Waals surface area contributed by atoms with Gasteiger partial charge in [-0.1, -0.05) is 6.42 Å². The number of halogens is 1. The minimum atomic E-state index is 0.0224. The van der Waals surface area contributed by atoms with Gasteiger partial charge in [-0.05, 0) is 128 Å². The van der Waals surface area contributed by atoms with E-state index in [2.05, 4.69) is 22.6 Å². The molecule has 2 aromatic rings. The summed E-state index contributed by atoms with van der Waals surface area (Å²) in [7, 11) is 0. The van der Waals surface area contributed by atoms with Gasteiger partial charge in [0.15, 0.2) is 6.29 Å². The molecule has 1 atom stereocenters. The molecule has 0 N–H and O–H groups in total. The van der Waals surface area contributed by atoms with Crippen molar-refractivity contribution in [1.82, 2.24) is 0 Å². The number of unbranched alkanes of at least 4 members (excludes halogenated alkanes) is 3. The minimum absolute atomic E-state index is 0.0224. The third kappa shape index (κ3) is 8.75. The number of hydrogen-bond donors (Lipinski definition) is 0. The van der Waals surface area contributed by atoms with Crippen LogP contribution in [0.25, 0.3) is 0 Å². The molecule has 31 heavy (non-hydrogen) atoms. The second-order valence-corrected chi connectivity index (χ2v) is 9.96. The van der Waals surface area contributed by atoms with Gasteiger partial charge in [0, 0.05) is 27.2 Å². The maximum absolute atomic E-state index is 12.5. The summed E-state index contributed by atoms with van der Waals surface area (Å²) in [6, 6.07) is 13.6. The normalized spacial score (nSPS) is 16.3. The lowest BCUT2D eigenvalue weighted by molar-refractivity contribution is -0.162. The smallest absolute Gasteiger partial charge is 0.224 e. The fraction of sp³-hybridized carbons (Fsp3) is 0.480. The zero-order chi connectivity index (χ0) is 21.9. The molecule has 1 saturated heterocycles. The zero-order valence-corrected chi connectivity index (χ0v) is 21.1. The molecule has 1 unspecified atom stereocenters. The molecule has 0 amide bonds. The highest BCUT2D eigenvalue weighted by molar-refractivity contribution is 14.1. The largest absolute Gasteiger partial charge is 0.494 e. The van der Waals surface area contributed by atoms with Crippen LogP contribution in [0, 0.1) is 10.5 Å². The maximum atomic E-state index is 12.5. The molecule has 0 aliphatic carbocycles. The Morgan fingerprint density at radius 1 is 1.06 bits per heavy atom. The first kappa shape index (κ1) is 24.6. The Morgan fingerprint density at radius 3 is 2.55 bits per heavy atom. The highest BCUT2D eigenvalue weighted by atomic mass is 127. The molecular weight excluding hydrogens is 523 g/mol. The van der Waals surface area contributed by atoms with Gasteiger partial charge in [-0.3, -0.25) is 4.79 Å². The van der Waals surface area contributed by atoms with E-state index in [0.717, 1.165) is 73.5 Å². The van der Waals surface area contributed by atoms with Crippen LogP contribution in [0.15, 0.2) is 47.4 Å². The lowest BCUT2D eigenvalue weighted by Crippen LogP contribution is -2.22. The Kier molecular flexibility index (Phi) is 10.7. The molecule has 1 heterocycles. The fourth-order valence-corrected chi connectivity index (χ4v) is 4.41. The monoisotopic (exact) mass is 554 g/mol. The van der Waals surface area contributed by atoms with Crippen molar-refractivity contribution in [2.75, 3.05) is 19.8 Å². The Hall–Kier alpha value is -1.09. The van der Waals surface area contributed by atoms with Crippen LogP contribution < -0.4 is 4.74 Å². The van der Waals surface area contributed by atoms with E-state index in [4.69, 9.17) is 14.2 Å². The molecule has 0 spiro atoms. The molecule has 0 radical (unpaired) electrons. The van der Waals surface area contributed by atoms with Gasteiger partial charge in [0.25, 0.3) is 0 Å². The van der Waals surface area contributed by atoms with Gasteiger partial charge in [-0.2, -0.15) is 0 Å². The average molecular weight is 554 g/mol. The summed E-state index contributed by atoms with van der Waals surface area (Å²) in [6.45, 7) is 4.35. The zero-order valence-electron chi connectivity index (χ0n) is 18.1. The van der Waals surface area contributed by atoms with Crippen LogP contribution in [0.3, 0.4) is 0 Å². The first-order valence-corrected chi connectivity index (χ1v) is 13.0. The molecule has 1 aliphatic heterocycles. The van der Waals surface area contributed by atoms with Gasteiger partial charge in [0.2, 0.25) is 5.12 Å². The Labute approximate surface area is 203 Å². The molecule has 0 saturated carbocycles. The van der Waals surface area contributed by atoms with Crippen molar-refractivity contribution in [1.29, 1.82) is 0 Å². The van der Waals surface area contributed by atoms with Crippen molar-refractivity contribution in [3.05, 3.63) is 57.2 Å². The number of thioether (sulfide) groups is 1. The molecule has 6 heteroatoms. The first-order chi connectivity index (χ1) is 15.1. The van der Waals surface area contributed by atoms with E-state index >= 15 is 0 Å². The summed E-state index contributed by atoms with van der Waals surface area (Å²) in [4.78, 5) is 13.4. The summed E-state index contributed by atoms with van der Waals surface area (Å²) >= 11 is 3.53. The van der Waals surface area contributed by atoms with Crippen LogP contribution in [0.4, 0.5) is 0 Å². The molecule has 0 bridgehead atoms. The highest BCUT2D eigenvalue weighted by Gasteiger charge is 2.13. The van der Waals surface area contributed by atoms with Crippen LogP contribution in [-0.2, 0) is 9.47 Å². The van der Waals surface area contributed by atoms with Crippen molar-refractivity contribution in [2.24, 2.45) is 0 Å². The van der Waals surface area contributed by atoms with Gasteiger partial charge in [0.05, 0.1) is 6.61 Å². The number of benzene rings is 2. The standard InChI is InChI=1S/C25H31IO4S/c1-19-18-20(9-14-23(19)26)25(27)31-22-12-10-21(11-13-22)28-15-5-2-3-6-16-29-24-8-4-7-17-30-24/h9-14,18,24H,2-8,15-17H2,1H3. The molecule has 1 aliphatic rings. The van der Waals surface area contributed by atoms with E-state index in [1.807, 2.05) is 49.4 Å². The molecule has 2 aromatic carbocycles. The maximum Gasteiger partial charge on any atom is 0.224 e. The number of carbonyl (C=O) groups excluding carboxylic acids is 1. The second-order valence-electron chi connectivity index (χ2n) is 7.75. The van der Waals surface area contributed by atoms with E-state index < -0.39 is 0 Å². The molecular formula is C25H31IO4S. The SMILES string of the molecule is Cc1cc(C(=O)Sc2ccc(OCCCCCCOC3CCCCO3)cc2)ccc1I. The number of hydrogen-bond acceptors (Lipinski definition) is 5. The molecule has 0 aromatic heterocycles. The van der Waals surface area contributed by atoms with Crippen molar-refractivity contribution in [2.45, 2.75) is 63.1 Å². The Balaban J connectivity index is 1.28. The third-order valence-corrected chi connectivity index (χ3v) is 7.32. The van der Waals surface area contributed by atoms with Crippen molar-refractivity contribution in [3.8, 4) is 5.75 Å². The quantitative estimate of drug-likeness (QED) is 0.170. The molecule has 1 fully saturated rings. The van der Waals surface area contributed by atoms with Crippen LogP contribution in [0.2, 0.25) is 0 Å². The molecule has 4 nitrogen and oxygen atoms in total. The van der Waals surface area contributed by atoms with Crippen molar-refractivity contribution in [3.63, 3.8) is 0 Å². The van der Waals surface area contributed by atoms with Crippen molar-refractivity contribution < 1.29 is 19.0 Å². The second kappa shape index (κ2) is 13.5. The van der Waals surface area contributed by atoms with Gasteiger partial charge in [-0.15, -0.1) is 0 Å². The number of rotatable bonds is 11. The summed E-state index contributed by atoms with van der Waals surface area (Å²) in [5, 5.41) is 0.0622. The highest BCUT2D eigenvalue weighted by Crippen LogP contribution is 2.26. The summed E-state index contributed by atoms with van der Waals surface area (Å²) in [5.41, 5.74) is 1.86. The number of carbonyl (C=O) groups is 1. The van der Waals surface area contributed by atoms with E-state index in [0.29, 0.717) is 6.61 Å². The van der Waals surface area contributed by atoms with E-state index in [1.54, 1.807) is 0 Å². The van der Waals surface area contributed by atoms with E-state index in [-0.39, 0.29) is 11.4 Å². The fourth-order valence-electron chi connectivity index (χ4n) is 3.35.